The second-order valence-corrected chi connectivity index (χ2v) is 5.02. The van der Waals surface area contributed by atoms with E-state index >= 15 is 0 Å². The van der Waals surface area contributed by atoms with Gasteiger partial charge in [0, 0.05) is 17.5 Å². The molecule has 1 aliphatic rings. The van der Waals surface area contributed by atoms with Crippen molar-refractivity contribution in [2.45, 2.75) is 12.8 Å². The van der Waals surface area contributed by atoms with E-state index in [2.05, 4.69) is 43.3 Å². The summed E-state index contributed by atoms with van der Waals surface area (Å²) >= 11 is 0. The van der Waals surface area contributed by atoms with E-state index < -0.39 is 0 Å². The topological polar surface area (TPSA) is 18.5 Å². The zero-order valence-electron chi connectivity index (χ0n) is 12.0. The van der Waals surface area contributed by atoms with Gasteiger partial charge in [-0.3, -0.25) is 0 Å². The maximum absolute atomic E-state index is 5.54. The highest BCUT2D eigenvalue weighted by Gasteiger charge is 2.26. The molecule has 0 bridgehead atoms. The maximum atomic E-state index is 5.54. The number of benzene rings is 2. The molecule has 2 aromatic carbocycles. The van der Waals surface area contributed by atoms with Crippen molar-refractivity contribution in [1.82, 2.24) is 0 Å². The van der Waals surface area contributed by atoms with Crippen molar-refractivity contribution < 1.29 is 9.47 Å². The first-order valence-corrected chi connectivity index (χ1v) is 6.77. The van der Waals surface area contributed by atoms with Crippen LogP contribution in [0.4, 0.5) is 0 Å². The van der Waals surface area contributed by atoms with E-state index in [1.807, 2.05) is 12.1 Å². The molecule has 0 amide bonds. The van der Waals surface area contributed by atoms with Gasteiger partial charge in [0.1, 0.15) is 11.5 Å². The third kappa shape index (κ3) is 1.97. The van der Waals surface area contributed by atoms with Gasteiger partial charge in [-0.05, 0) is 28.8 Å². The largest absolute Gasteiger partial charge is 0.497 e. The van der Waals surface area contributed by atoms with Crippen molar-refractivity contribution >= 4 is 11.6 Å². The highest BCUT2D eigenvalue weighted by molar-refractivity contribution is 5.92. The van der Waals surface area contributed by atoms with E-state index in [0.717, 1.165) is 11.5 Å². The molecule has 0 heterocycles. The molecule has 1 aliphatic carbocycles. The first kappa shape index (κ1) is 12.8. The molecule has 3 rings (SSSR count). The lowest BCUT2D eigenvalue weighted by atomic mass is 9.92. The molecule has 1 atom stereocenters. The minimum atomic E-state index is 0.327. The monoisotopic (exact) mass is 266 g/mol. The minimum Gasteiger partial charge on any atom is -0.497 e. The summed E-state index contributed by atoms with van der Waals surface area (Å²) in [5.74, 6) is 2.06. The molecule has 0 aliphatic heterocycles. The molecular weight excluding hydrogens is 248 g/mol. The number of fused-ring (bicyclic) bond motifs is 1. The number of hydrogen-bond donors (Lipinski definition) is 0. The molecule has 0 saturated carbocycles. The van der Waals surface area contributed by atoms with Gasteiger partial charge in [-0.25, -0.2) is 0 Å². The molecule has 0 radical (unpaired) electrons. The van der Waals surface area contributed by atoms with Crippen LogP contribution in [0, 0.1) is 0 Å². The summed E-state index contributed by atoms with van der Waals surface area (Å²) in [6.45, 7) is 2.22. The number of ether oxygens (including phenoxy) is 2. The Hall–Kier alpha value is -2.22. The molecule has 2 heteroatoms. The smallest absolute Gasteiger partial charge is 0.126 e. The summed E-state index contributed by atoms with van der Waals surface area (Å²) in [4.78, 5) is 0. The fourth-order valence-corrected chi connectivity index (χ4v) is 2.90. The predicted molar refractivity (Wildman–Crippen MR) is 82.3 cm³/mol. The van der Waals surface area contributed by atoms with Gasteiger partial charge in [-0.2, -0.15) is 0 Å². The molecule has 2 nitrogen and oxygen atoms in total. The van der Waals surface area contributed by atoms with Crippen LogP contribution in [0.2, 0.25) is 0 Å². The van der Waals surface area contributed by atoms with Gasteiger partial charge in [0.05, 0.1) is 14.2 Å². The van der Waals surface area contributed by atoms with Gasteiger partial charge >= 0.3 is 0 Å². The molecule has 2 aromatic rings. The fraction of sp³-hybridized carbons (Fsp3) is 0.222. The molecule has 0 fully saturated rings. The van der Waals surface area contributed by atoms with Crippen molar-refractivity contribution in [2.24, 2.45) is 0 Å². The van der Waals surface area contributed by atoms with Gasteiger partial charge in [-0.1, -0.05) is 37.3 Å². The average molecular weight is 266 g/mol. The highest BCUT2D eigenvalue weighted by Crippen LogP contribution is 2.47. The van der Waals surface area contributed by atoms with E-state index in [0.29, 0.717) is 5.92 Å². The van der Waals surface area contributed by atoms with Crippen LogP contribution in [-0.2, 0) is 0 Å². The first-order valence-electron chi connectivity index (χ1n) is 6.77. The summed E-state index contributed by atoms with van der Waals surface area (Å²) < 4.78 is 10.9. The zero-order chi connectivity index (χ0) is 14.1. The molecular formula is C18H18O2. The normalized spacial score (nSPS) is 16.6. The molecule has 20 heavy (non-hydrogen) atoms. The van der Waals surface area contributed by atoms with Crippen molar-refractivity contribution in [2.75, 3.05) is 14.2 Å². The van der Waals surface area contributed by atoms with Crippen molar-refractivity contribution in [3.63, 3.8) is 0 Å². The van der Waals surface area contributed by atoms with Crippen LogP contribution < -0.4 is 9.47 Å². The molecule has 0 N–H and O–H groups in total. The summed E-state index contributed by atoms with van der Waals surface area (Å²) in [7, 11) is 3.39. The second kappa shape index (κ2) is 5.04. The van der Waals surface area contributed by atoms with E-state index in [9.17, 15) is 0 Å². The van der Waals surface area contributed by atoms with Crippen LogP contribution in [0.5, 0.6) is 11.5 Å². The number of rotatable bonds is 3. The van der Waals surface area contributed by atoms with Gasteiger partial charge in [-0.15, -0.1) is 0 Å². The van der Waals surface area contributed by atoms with Crippen LogP contribution in [0.15, 0.2) is 42.5 Å². The van der Waals surface area contributed by atoms with Crippen LogP contribution in [0.25, 0.3) is 11.6 Å². The summed E-state index contributed by atoms with van der Waals surface area (Å²) in [6, 6.07) is 14.5. The van der Waals surface area contributed by atoms with Gasteiger partial charge < -0.3 is 9.47 Å². The molecule has 102 valence electrons. The van der Waals surface area contributed by atoms with E-state index in [-0.39, 0.29) is 0 Å². The fourth-order valence-electron chi connectivity index (χ4n) is 2.90. The predicted octanol–water partition coefficient (Wildman–Crippen LogP) is 4.36. The Labute approximate surface area is 119 Å². The number of allylic oxidation sites excluding steroid dienone is 1. The standard InChI is InChI=1S/C18H18O2/c1-12-16(13-7-5-4-6-8-13)10-14-9-15(19-2)11-17(20-3)18(12)14/h4-12H,1-3H3. The Morgan fingerprint density at radius 2 is 1.70 bits per heavy atom. The molecule has 0 aromatic heterocycles. The van der Waals surface area contributed by atoms with Gasteiger partial charge in [0.25, 0.3) is 0 Å². The lowest BCUT2D eigenvalue weighted by Gasteiger charge is -2.15. The average Bonchev–Trinajstić information content (AvgIpc) is 2.84. The Bertz CT molecular complexity index is 657. The van der Waals surface area contributed by atoms with Gasteiger partial charge in [0.15, 0.2) is 0 Å². The quantitative estimate of drug-likeness (QED) is 0.821. The minimum absolute atomic E-state index is 0.327. The summed E-state index contributed by atoms with van der Waals surface area (Å²) in [6.07, 6.45) is 2.24. The van der Waals surface area contributed by atoms with Crippen LogP contribution >= 0.6 is 0 Å². The number of methoxy groups -OCH3 is 2. The van der Waals surface area contributed by atoms with E-state index in [1.54, 1.807) is 14.2 Å². The Morgan fingerprint density at radius 1 is 0.950 bits per heavy atom. The van der Waals surface area contributed by atoms with E-state index in [4.69, 9.17) is 9.47 Å². The lowest BCUT2D eigenvalue weighted by Crippen LogP contribution is -1.98. The van der Waals surface area contributed by atoms with Gasteiger partial charge in [0.2, 0.25) is 0 Å². The Morgan fingerprint density at radius 3 is 2.35 bits per heavy atom. The second-order valence-electron chi connectivity index (χ2n) is 5.02. The zero-order valence-corrected chi connectivity index (χ0v) is 12.0. The maximum Gasteiger partial charge on any atom is 0.126 e. The van der Waals surface area contributed by atoms with E-state index in [1.165, 1.54) is 22.3 Å². The molecule has 1 unspecified atom stereocenters. The molecule has 0 spiro atoms. The van der Waals surface area contributed by atoms with Crippen molar-refractivity contribution in [1.29, 1.82) is 0 Å². The Balaban J connectivity index is 2.11. The third-order valence-corrected chi connectivity index (χ3v) is 3.92. The summed E-state index contributed by atoms with van der Waals surface area (Å²) in [5.41, 5.74) is 5.02. The van der Waals surface area contributed by atoms with Crippen LogP contribution in [0.3, 0.4) is 0 Å². The molecule has 0 saturated heterocycles. The third-order valence-electron chi connectivity index (χ3n) is 3.92. The Kier molecular flexibility index (Phi) is 3.23. The number of hydrogen-bond acceptors (Lipinski definition) is 2. The first-order chi connectivity index (χ1) is 9.74. The summed E-state index contributed by atoms with van der Waals surface area (Å²) in [5, 5.41) is 0. The van der Waals surface area contributed by atoms with Crippen LogP contribution in [-0.4, -0.2) is 14.2 Å². The van der Waals surface area contributed by atoms with Crippen LogP contribution in [0.1, 0.15) is 29.5 Å². The van der Waals surface area contributed by atoms with Crippen molar-refractivity contribution in [3.8, 4) is 11.5 Å². The highest BCUT2D eigenvalue weighted by atomic mass is 16.5. The SMILES string of the molecule is COc1cc2c(c(OC)c1)C(C)C(c1ccccc1)=C2. The van der Waals surface area contributed by atoms with Crippen molar-refractivity contribution in [3.05, 3.63) is 59.2 Å². The lowest BCUT2D eigenvalue weighted by molar-refractivity contribution is 0.390.